The average Bonchev–Trinajstić information content (AvgIpc) is 2.79. The molecule has 33 heteroatoms. The second-order valence-corrected chi connectivity index (χ2v) is 8.31. The minimum Gasteiger partial charge on any atom is -0.192 e. The molecule has 0 aliphatic heterocycles. The Bertz CT molecular complexity index is 1130. The van der Waals surface area contributed by atoms with E-state index in [2.05, 4.69) is 0 Å². The van der Waals surface area contributed by atoms with Gasteiger partial charge in [-0.3, -0.25) is 0 Å². The molecule has 0 unspecified atom stereocenters. The molecule has 0 rings (SSSR count). The second-order valence-electron chi connectivity index (χ2n) is 8.31. The van der Waals surface area contributed by atoms with Crippen LogP contribution in [0.15, 0.2) is 0 Å². The highest BCUT2D eigenvalue weighted by Crippen LogP contribution is 2.69. The smallest absolute Gasteiger partial charge is 0.192 e. The van der Waals surface area contributed by atoms with Gasteiger partial charge in [0.1, 0.15) is 4.71 Å². The van der Waals surface area contributed by atoms with Gasteiger partial charge in [0.2, 0.25) is 0 Å². The first-order chi connectivity index (χ1) is 19.5. The molecule has 0 saturated heterocycles. The number of rotatable bonds is 11. The molecule has 0 aromatic rings. The van der Waals surface area contributed by atoms with Gasteiger partial charge in [0.25, 0.3) is 0 Å². The Labute approximate surface area is 231 Å². The Hall–Kier alpha value is -2.28. The fourth-order valence-corrected chi connectivity index (χ4v) is 2.60. The van der Waals surface area contributed by atoms with Gasteiger partial charge in [-0.1, -0.05) is 0 Å². The van der Waals surface area contributed by atoms with E-state index in [9.17, 15) is 141 Å². The SMILES string of the molecule is FC(F)(F)C(F)(F)C(F)(F)C(F)(F)C(F)(F)C(F)(F)C(F)(F)C(F)(F)C(F)(F)C(F)(F)C(F)(F)C(F)(F)[N+](F)(C(F)(F)F)C(F)(F)F. The van der Waals surface area contributed by atoms with Crippen molar-refractivity contribution in [3.8, 4) is 0 Å². The van der Waals surface area contributed by atoms with E-state index in [-0.39, 0.29) is 0 Å². The first-order valence-corrected chi connectivity index (χ1v) is 9.45. The molecule has 0 heterocycles. The highest BCUT2D eigenvalue weighted by Gasteiger charge is 3.03. The number of halogens is 32. The van der Waals surface area contributed by atoms with E-state index in [1.807, 2.05) is 0 Å². The summed E-state index contributed by atoms with van der Waals surface area (Å²) >= 11 is 0. The van der Waals surface area contributed by atoms with Crippen LogP contribution in [0.3, 0.4) is 0 Å². The van der Waals surface area contributed by atoms with Gasteiger partial charge in [0.15, 0.2) is 0 Å². The number of hydrogen-bond acceptors (Lipinski definition) is 0. The molecule has 0 radical (unpaired) electrons. The molecule has 0 aromatic heterocycles. The van der Waals surface area contributed by atoms with Crippen LogP contribution in [-0.2, 0) is 0 Å². The Kier molecular flexibility index (Phi) is 9.87. The number of quaternary nitrogens is 1. The van der Waals surface area contributed by atoms with E-state index < -0.39 is 88.8 Å². The summed E-state index contributed by atoms with van der Waals surface area (Å²) in [5.41, 5.74) is 0. The highest BCUT2D eigenvalue weighted by atomic mass is 19.5. The number of hydrogen-bond donors (Lipinski definition) is 0. The molecular formula is C14F32N+. The van der Waals surface area contributed by atoms with Crippen LogP contribution >= 0.6 is 0 Å². The third-order valence-corrected chi connectivity index (χ3v) is 5.37. The lowest BCUT2D eigenvalue weighted by Gasteiger charge is -2.46. The van der Waals surface area contributed by atoms with E-state index in [1.54, 1.807) is 0 Å². The maximum Gasteiger partial charge on any atom is 0.611 e. The van der Waals surface area contributed by atoms with Crippen LogP contribution in [0, 0.1) is 0 Å². The van der Waals surface area contributed by atoms with Crippen molar-refractivity contribution in [1.82, 2.24) is 0 Å². The Morgan fingerprint density at radius 3 is 0.511 bits per heavy atom. The average molecular weight is 790 g/mol. The summed E-state index contributed by atoms with van der Waals surface area (Å²) in [4.78, 5) is 0. The molecule has 0 spiro atoms. The predicted octanol–water partition coefficient (Wildman–Crippen LogP) is 10.2. The largest absolute Gasteiger partial charge is 0.611 e. The fourth-order valence-electron chi connectivity index (χ4n) is 2.60. The van der Waals surface area contributed by atoms with Gasteiger partial charge in [0.05, 0.1) is 0 Å². The monoisotopic (exact) mass is 790 g/mol. The number of nitrogens with zero attached hydrogens (tertiary/aromatic N) is 1. The Balaban J connectivity index is 7.72. The summed E-state index contributed by atoms with van der Waals surface area (Å²) in [5.74, 6) is -98.3. The standard InChI is InChI=1S/C14F32N/c15-1(16,3(19,20)5(23,24)7(27,28)9(31,32)11(35,36)37)2(17,18)4(21,22)6(25,26)8(29,30)10(33,34)12(38,39)47(46,13(40,41)42)14(43,44)45/q+1. The van der Waals surface area contributed by atoms with Crippen LogP contribution in [0.4, 0.5) is 141 Å². The molecule has 0 amide bonds. The van der Waals surface area contributed by atoms with Gasteiger partial charge in [-0.25, -0.2) is 0 Å². The van der Waals surface area contributed by atoms with E-state index >= 15 is 0 Å². The van der Waals surface area contributed by atoms with Gasteiger partial charge in [-0.15, -0.1) is 35.1 Å². The summed E-state index contributed by atoms with van der Waals surface area (Å²) in [5, 5.41) is 0. The first kappa shape index (κ1) is 44.7. The second kappa shape index (κ2) is 10.4. The van der Waals surface area contributed by atoms with E-state index in [0.29, 0.717) is 0 Å². The van der Waals surface area contributed by atoms with Gasteiger partial charge in [-0.2, -0.15) is 101 Å². The zero-order valence-corrected chi connectivity index (χ0v) is 19.5. The van der Waals surface area contributed by atoms with Crippen LogP contribution in [0.25, 0.3) is 0 Å². The van der Waals surface area contributed by atoms with Crippen LogP contribution in [0.5, 0.6) is 0 Å². The zero-order valence-electron chi connectivity index (χ0n) is 19.5. The molecule has 284 valence electrons. The lowest BCUT2D eigenvalue weighted by Crippen LogP contribution is -2.81. The summed E-state index contributed by atoms with van der Waals surface area (Å²) in [6.45, 7) is 0. The van der Waals surface area contributed by atoms with Crippen molar-refractivity contribution in [2.24, 2.45) is 0 Å². The van der Waals surface area contributed by atoms with Crippen molar-refractivity contribution in [3.05, 3.63) is 0 Å². The Morgan fingerprint density at radius 1 is 0.213 bits per heavy atom. The minimum atomic E-state index is -10.2. The van der Waals surface area contributed by atoms with Crippen LogP contribution in [0.1, 0.15) is 0 Å². The summed E-state index contributed by atoms with van der Waals surface area (Å²) in [6, 6.07) is -9.84. The molecule has 0 aliphatic carbocycles. The fraction of sp³-hybridized carbons (Fsp3) is 1.00. The molecular weight excluding hydrogens is 790 g/mol. The van der Waals surface area contributed by atoms with Crippen LogP contribution in [-0.4, -0.2) is 88.8 Å². The van der Waals surface area contributed by atoms with Crippen molar-refractivity contribution < 1.29 is 145 Å². The molecule has 0 N–H and O–H groups in total. The van der Waals surface area contributed by atoms with E-state index in [4.69, 9.17) is 0 Å². The van der Waals surface area contributed by atoms with Gasteiger partial charge < -0.3 is 0 Å². The normalized spacial score (nSPS) is 17.4. The lowest BCUT2D eigenvalue weighted by molar-refractivity contribution is -1.26. The van der Waals surface area contributed by atoms with Crippen molar-refractivity contribution in [1.29, 1.82) is 0 Å². The van der Waals surface area contributed by atoms with Gasteiger partial charge >= 0.3 is 84.0 Å². The minimum absolute atomic E-state index is 8.36. The van der Waals surface area contributed by atoms with Crippen molar-refractivity contribution in [2.75, 3.05) is 0 Å². The van der Waals surface area contributed by atoms with Gasteiger partial charge in [-0.05, 0) is 0 Å². The van der Waals surface area contributed by atoms with Crippen molar-refractivity contribution >= 4 is 0 Å². The third-order valence-electron chi connectivity index (χ3n) is 5.37. The maximum absolute atomic E-state index is 13.6. The molecule has 0 aromatic carbocycles. The van der Waals surface area contributed by atoms with Crippen LogP contribution in [0.2, 0.25) is 0 Å². The lowest BCUT2D eigenvalue weighted by atomic mass is 9.85. The first-order valence-electron chi connectivity index (χ1n) is 9.45. The van der Waals surface area contributed by atoms with Crippen molar-refractivity contribution in [3.63, 3.8) is 0 Å². The topological polar surface area (TPSA) is 0 Å². The molecule has 1 nitrogen and oxygen atoms in total. The summed E-state index contributed by atoms with van der Waals surface area (Å²) in [6.07, 6.45) is -26.1. The summed E-state index contributed by atoms with van der Waals surface area (Å²) < 4.78 is 409. The van der Waals surface area contributed by atoms with Gasteiger partial charge in [0, 0.05) is 4.48 Å². The molecule has 0 atom stereocenters. The molecule has 0 saturated carbocycles. The predicted molar refractivity (Wildman–Crippen MR) is 74.0 cm³/mol. The molecule has 47 heavy (non-hydrogen) atoms. The Morgan fingerprint density at radius 2 is 0.362 bits per heavy atom. The van der Waals surface area contributed by atoms with E-state index in [1.165, 1.54) is 0 Å². The quantitative estimate of drug-likeness (QED) is 0.111. The highest BCUT2D eigenvalue weighted by molar-refractivity contribution is 5.19. The van der Waals surface area contributed by atoms with Crippen molar-refractivity contribution in [2.45, 2.75) is 84.0 Å². The zero-order chi connectivity index (χ0) is 39.5. The molecule has 0 fully saturated rings. The third kappa shape index (κ3) is 4.97. The van der Waals surface area contributed by atoms with Crippen LogP contribution < -0.4 is 0 Å². The molecule has 0 bridgehead atoms. The van der Waals surface area contributed by atoms with E-state index in [0.717, 1.165) is 0 Å². The molecule has 0 aliphatic rings. The number of alkyl halides is 31. The summed E-state index contributed by atoms with van der Waals surface area (Å²) in [7, 11) is 0. The maximum atomic E-state index is 13.6.